The molecule has 0 unspecified atom stereocenters. The van der Waals surface area contributed by atoms with Crippen LogP contribution in [-0.2, 0) is 14.3 Å². The van der Waals surface area contributed by atoms with Crippen molar-refractivity contribution in [2.75, 3.05) is 6.73 Å². The van der Waals surface area contributed by atoms with Gasteiger partial charge in [-0.15, -0.1) is 0 Å². The molecule has 5 nitrogen and oxygen atoms in total. The highest BCUT2D eigenvalue weighted by atomic mass is 16.5. The molecule has 0 aromatic heterocycles. The number of hydrogen-bond donors (Lipinski definition) is 1. The number of fused-ring (bicyclic) bond motifs is 5. The van der Waals surface area contributed by atoms with Crippen LogP contribution in [0.1, 0.15) is 13.8 Å². The van der Waals surface area contributed by atoms with Crippen molar-refractivity contribution in [3.05, 3.63) is 12.2 Å². The first-order valence-corrected chi connectivity index (χ1v) is 5.29. The van der Waals surface area contributed by atoms with Gasteiger partial charge in [-0.25, -0.2) is 0 Å². The molecule has 3 aliphatic heterocycles. The molecule has 2 saturated heterocycles. The zero-order valence-electron chi connectivity index (χ0n) is 9.14. The lowest BCUT2D eigenvalue weighted by atomic mass is 9.73. The molecule has 0 aromatic rings. The molecule has 3 rings (SSSR count). The Morgan fingerprint density at radius 1 is 1.25 bits per heavy atom. The van der Waals surface area contributed by atoms with E-state index in [1.807, 2.05) is 26.0 Å². The SMILES string of the molecule is C[C@]12C=C[C@](C)(O1)[C@@H]1C(=O)N(CO)C(=O)[C@@H]12. The summed E-state index contributed by atoms with van der Waals surface area (Å²) in [5.74, 6) is -1.62. The van der Waals surface area contributed by atoms with E-state index in [9.17, 15) is 9.59 Å². The number of amides is 2. The van der Waals surface area contributed by atoms with Crippen LogP contribution in [0, 0.1) is 11.8 Å². The van der Waals surface area contributed by atoms with Gasteiger partial charge in [-0.3, -0.25) is 14.5 Å². The van der Waals surface area contributed by atoms with Crippen LogP contribution in [0.2, 0.25) is 0 Å². The summed E-state index contributed by atoms with van der Waals surface area (Å²) in [6.07, 6.45) is 3.69. The van der Waals surface area contributed by atoms with Crippen molar-refractivity contribution >= 4 is 11.8 Å². The van der Waals surface area contributed by atoms with Crippen LogP contribution in [0.25, 0.3) is 0 Å². The molecule has 2 fully saturated rings. The molecule has 86 valence electrons. The maximum Gasteiger partial charge on any atom is 0.238 e. The van der Waals surface area contributed by atoms with Crippen molar-refractivity contribution in [2.45, 2.75) is 25.0 Å². The highest BCUT2D eigenvalue weighted by Gasteiger charge is 2.70. The molecular weight excluding hydrogens is 210 g/mol. The summed E-state index contributed by atoms with van der Waals surface area (Å²) in [7, 11) is 0. The van der Waals surface area contributed by atoms with Gasteiger partial charge in [-0.1, -0.05) is 12.2 Å². The van der Waals surface area contributed by atoms with Crippen molar-refractivity contribution in [2.24, 2.45) is 11.8 Å². The van der Waals surface area contributed by atoms with Crippen molar-refractivity contribution in [1.29, 1.82) is 0 Å². The summed E-state index contributed by atoms with van der Waals surface area (Å²) in [6, 6.07) is 0. The Labute approximate surface area is 92.7 Å². The first kappa shape index (κ1) is 9.99. The van der Waals surface area contributed by atoms with Crippen LogP contribution in [0.3, 0.4) is 0 Å². The van der Waals surface area contributed by atoms with E-state index >= 15 is 0 Å². The Bertz CT molecular complexity index is 396. The van der Waals surface area contributed by atoms with Gasteiger partial charge in [-0.2, -0.15) is 0 Å². The number of hydrogen-bond acceptors (Lipinski definition) is 4. The van der Waals surface area contributed by atoms with E-state index in [4.69, 9.17) is 9.84 Å². The minimum atomic E-state index is -0.698. The van der Waals surface area contributed by atoms with Gasteiger partial charge >= 0.3 is 0 Å². The molecule has 4 atom stereocenters. The molecule has 0 spiro atoms. The number of aliphatic hydroxyl groups excluding tert-OH is 1. The topological polar surface area (TPSA) is 66.8 Å². The predicted molar refractivity (Wildman–Crippen MR) is 53.0 cm³/mol. The quantitative estimate of drug-likeness (QED) is 0.487. The van der Waals surface area contributed by atoms with E-state index in [1.54, 1.807) is 0 Å². The molecule has 1 N–H and O–H groups in total. The van der Waals surface area contributed by atoms with Gasteiger partial charge in [0.25, 0.3) is 0 Å². The minimum absolute atomic E-state index is 0.326. The van der Waals surface area contributed by atoms with Crippen molar-refractivity contribution in [1.82, 2.24) is 4.90 Å². The van der Waals surface area contributed by atoms with Crippen LogP contribution in [-0.4, -0.2) is 39.8 Å². The zero-order chi connectivity index (χ0) is 11.7. The smallest absolute Gasteiger partial charge is 0.238 e. The van der Waals surface area contributed by atoms with Crippen molar-refractivity contribution < 1.29 is 19.4 Å². The summed E-state index contributed by atoms with van der Waals surface area (Å²) >= 11 is 0. The third-order valence-electron chi connectivity index (χ3n) is 3.96. The lowest BCUT2D eigenvalue weighted by molar-refractivity contribution is -0.150. The van der Waals surface area contributed by atoms with Crippen LogP contribution < -0.4 is 0 Å². The molecule has 5 heteroatoms. The van der Waals surface area contributed by atoms with Crippen LogP contribution in [0.15, 0.2) is 12.2 Å². The van der Waals surface area contributed by atoms with Crippen LogP contribution in [0.5, 0.6) is 0 Å². The Kier molecular flexibility index (Phi) is 1.59. The summed E-state index contributed by atoms with van der Waals surface area (Å²) in [5.41, 5.74) is -1.40. The Morgan fingerprint density at radius 2 is 1.69 bits per heavy atom. The normalized spacial score (nSPS) is 49.3. The first-order valence-electron chi connectivity index (χ1n) is 5.29. The number of carbonyl (C=O) groups excluding carboxylic acids is 2. The lowest BCUT2D eigenvalue weighted by Crippen LogP contribution is -2.39. The third kappa shape index (κ3) is 0.850. The van der Waals surface area contributed by atoms with Crippen LogP contribution in [0.4, 0.5) is 0 Å². The summed E-state index contributed by atoms with van der Waals surface area (Å²) in [5, 5.41) is 9.05. The summed E-state index contributed by atoms with van der Waals surface area (Å²) < 4.78 is 5.79. The van der Waals surface area contributed by atoms with Crippen molar-refractivity contribution in [3.63, 3.8) is 0 Å². The van der Waals surface area contributed by atoms with Gasteiger partial charge < -0.3 is 9.84 Å². The monoisotopic (exact) mass is 223 g/mol. The molecule has 0 aromatic carbocycles. The number of nitrogens with zero attached hydrogens (tertiary/aromatic N) is 1. The number of ether oxygens (including phenoxy) is 1. The second-order valence-corrected chi connectivity index (χ2v) is 5.00. The fourth-order valence-electron chi connectivity index (χ4n) is 3.23. The fourth-order valence-corrected chi connectivity index (χ4v) is 3.23. The van der Waals surface area contributed by atoms with E-state index < -0.39 is 29.8 Å². The summed E-state index contributed by atoms with van der Waals surface area (Å²) in [6.45, 7) is 3.08. The molecule has 16 heavy (non-hydrogen) atoms. The van der Waals surface area contributed by atoms with Crippen LogP contribution >= 0.6 is 0 Å². The molecule has 3 aliphatic rings. The number of aliphatic hydroxyl groups is 1. The molecular formula is C11H13NO4. The fraction of sp³-hybridized carbons (Fsp3) is 0.636. The first-order chi connectivity index (χ1) is 7.43. The second-order valence-electron chi connectivity index (χ2n) is 5.00. The van der Waals surface area contributed by atoms with E-state index in [-0.39, 0.29) is 11.8 Å². The molecule has 0 saturated carbocycles. The van der Waals surface area contributed by atoms with Gasteiger partial charge in [0.2, 0.25) is 11.8 Å². The molecule has 0 aliphatic carbocycles. The van der Waals surface area contributed by atoms with Gasteiger partial charge in [0.05, 0.1) is 23.0 Å². The Morgan fingerprint density at radius 3 is 2.06 bits per heavy atom. The maximum atomic E-state index is 12.0. The molecule has 3 heterocycles. The number of rotatable bonds is 1. The molecule has 2 amide bonds. The number of carbonyl (C=O) groups is 2. The van der Waals surface area contributed by atoms with E-state index in [0.29, 0.717) is 0 Å². The van der Waals surface area contributed by atoms with E-state index in [1.165, 1.54) is 0 Å². The lowest BCUT2D eigenvalue weighted by Gasteiger charge is -2.24. The standard InChI is InChI=1S/C11H13NO4/c1-10-3-4-11(2,16-10)7-6(10)8(14)12(5-13)9(7)15/h3-4,6-7,13H,5H2,1-2H3/t6-,7+,10-,11+. The number of likely N-dealkylation sites (tertiary alicyclic amines) is 1. The Balaban J connectivity index is 2.12. The van der Waals surface area contributed by atoms with Gasteiger partial charge in [0, 0.05) is 0 Å². The minimum Gasteiger partial charge on any atom is -0.376 e. The molecule has 0 radical (unpaired) electrons. The summed E-state index contributed by atoms with van der Waals surface area (Å²) in [4.78, 5) is 24.9. The van der Waals surface area contributed by atoms with E-state index in [2.05, 4.69) is 0 Å². The second kappa shape index (κ2) is 2.55. The Hall–Kier alpha value is -1.20. The third-order valence-corrected chi connectivity index (χ3v) is 3.96. The highest BCUT2D eigenvalue weighted by molar-refractivity contribution is 6.07. The number of imide groups is 1. The van der Waals surface area contributed by atoms with Crippen molar-refractivity contribution in [3.8, 4) is 0 Å². The largest absolute Gasteiger partial charge is 0.376 e. The van der Waals surface area contributed by atoms with E-state index in [0.717, 1.165) is 4.90 Å². The highest BCUT2D eigenvalue weighted by Crippen LogP contribution is 2.56. The predicted octanol–water partition coefficient (Wildman–Crippen LogP) is -0.345. The average Bonchev–Trinajstić information content (AvgIpc) is 2.73. The average molecular weight is 223 g/mol. The van der Waals surface area contributed by atoms with Gasteiger partial charge in [-0.05, 0) is 13.8 Å². The zero-order valence-corrected chi connectivity index (χ0v) is 9.14. The van der Waals surface area contributed by atoms with Gasteiger partial charge in [0.1, 0.15) is 6.73 Å². The maximum absolute atomic E-state index is 12.0. The molecule has 2 bridgehead atoms. The van der Waals surface area contributed by atoms with Gasteiger partial charge in [0.15, 0.2) is 0 Å².